The number of amides is 1. The molecule has 0 unspecified atom stereocenters. The average Bonchev–Trinajstić information content (AvgIpc) is 2.68. The van der Waals surface area contributed by atoms with Gasteiger partial charge in [-0.15, -0.1) is 0 Å². The molecule has 1 aromatic heterocycles. The Hall–Kier alpha value is -2.40. The van der Waals surface area contributed by atoms with E-state index in [-0.39, 0.29) is 5.91 Å². The maximum atomic E-state index is 11.8. The van der Waals surface area contributed by atoms with Crippen molar-refractivity contribution >= 4 is 17.3 Å². The third kappa shape index (κ3) is 4.79. The van der Waals surface area contributed by atoms with Gasteiger partial charge in [0.25, 0.3) is 0 Å². The quantitative estimate of drug-likeness (QED) is 0.850. The van der Waals surface area contributed by atoms with Gasteiger partial charge in [0.1, 0.15) is 0 Å². The molecule has 0 radical (unpaired) electrons. The predicted octanol–water partition coefficient (Wildman–Crippen LogP) is 3.01. The minimum Gasteiger partial charge on any atom is -0.371 e. The van der Waals surface area contributed by atoms with Crippen molar-refractivity contribution in [1.82, 2.24) is 10.3 Å². The molecule has 2 N–H and O–H groups in total. The number of rotatable bonds is 6. The number of aromatic nitrogens is 1. The number of pyridine rings is 1. The standard InChI is InChI=1S/C20H26N4O/c1-21-11-8-20(25)23-18-2-4-19(5-3-18)24-14-9-17(10-15-24)16-6-12-22-13-7-16/h2-7,12-13,17,21H,8-11,14-15H2,1H3,(H,23,25). The van der Waals surface area contributed by atoms with Crippen LogP contribution in [0.2, 0.25) is 0 Å². The number of hydrogen-bond acceptors (Lipinski definition) is 4. The SMILES string of the molecule is CNCCC(=O)Nc1ccc(N2CCC(c3ccncc3)CC2)cc1. The topological polar surface area (TPSA) is 57.3 Å². The zero-order valence-electron chi connectivity index (χ0n) is 14.7. The van der Waals surface area contributed by atoms with Crippen LogP contribution in [0.25, 0.3) is 0 Å². The van der Waals surface area contributed by atoms with Gasteiger partial charge in [0, 0.05) is 49.8 Å². The van der Waals surface area contributed by atoms with E-state index in [9.17, 15) is 4.79 Å². The Morgan fingerprint density at radius 3 is 2.44 bits per heavy atom. The summed E-state index contributed by atoms with van der Waals surface area (Å²) in [4.78, 5) is 18.3. The molecule has 1 saturated heterocycles. The molecule has 0 saturated carbocycles. The number of anilines is 2. The van der Waals surface area contributed by atoms with Crippen molar-refractivity contribution in [3.05, 3.63) is 54.4 Å². The highest BCUT2D eigenvalue weighted by Gasteiger charge is 2.20. The summed E-state index contributed by atoms with van der Waals surface area (Å²) in [5.74, 6) is 0.672. The van der Waals surface area contributed by atoms with Crippen LogP contribution in [0, 0.1) is 0 Å². The van der Waals surface area contributed by atoms with Gasteiger partial charge in [0.05, 0.1) is 0 Å². The number of nitrogens with one attached hydrogen (secondary N) is 2. The molecular weight excluding hydrogens is 312 g/mol. The van der Waals surface area contributed by atoms with E-state index < -0.39 is 0 Å². The van der Waals surface area contributed by atoms with Crippen LogP contribution in [0.5, 0.6) is 0 Å². The first kappa shape index (κ1) is 17.4. The maximum Gasteiger partial charge on any atom is 0.225 e. The average molecular weight is 338 g/mol. The highest BCUT2D eigenvalue weighted by atomic mass is 16.1. The second-order valence-electron chi connectivity index (χ2n) is 6.49. The second-order valence-corrected chi connectivity index (χ2v) is 6.49. The molecule has 5 heteroatoms. The monoisotopic (exact) mass is 338 g/mol. The van der Waals surface area contributed by atoms with Crippen LogP contribution in [0.4, 0.5) is 11.4 Å². The molecule has 132 valence electrons. The van der Waals surface area contributed by atoms with E-state index in [2.05, 4.69) is 44.8 Å². The zero-order valence-corrected chi connectivity index (χ0v) is 14.7. The lowest BCUT2D eigenvalue weighted by Gasteiger charge is -2.34. The van der Waals surface area contributed by atoms with Gasteiger partial charge < -0.3 is 15.5 Å². The summed E-state index contributed by atoms with van der Waals surface area (Å²) in [7, 11) is 1.85. The maximum absolute atomic E-state index is 11.8. The lowest BCUT2D eigenvalue weighted by atomic mass is 9.90. The van der Waals surface area contributed by atoms with E-state index in [4.69, 9.17) is 0 Å². The molecule has 5 nitrogen and oxygen atoms in total. The Balaban J connectivity index is 1.52. The first-order valence-electron chi connectivity index (χ1n) is 8.95. The normalized spacial score (nSPS) is 15.2. The predicted molar refractivity (Wildman–Crippen MR) is 102 cm³/mol. The summed E-state index contributed by atoms with van der Waals surface area (Å²) in [6.07, 6.45) is 6.57. The number of nitrogens with zero attached hydrogens (tertiary/aromatic N) is 2. The molecule has 25 heavy (non-hydrogen) atoms. The smallest absolute Gasteiger partial charge is 0.225 e. The molecule has 2 heterocycles. The van der Waals surface area contributed by atoms with Gasteiger partial charge in [-0.3, -0.25) is 9.78 Å². The first-order chi connectivity index (χ1) is 12.3. The van der Waals surface area contributed by atoms with Crippen molar-refractivity contribution in [2.75, 3.05) is 36.9 Å². The van der Waals surface area contributed by atoms with Crippen LogP contribution < -0.4 is 15.5 Å². The van der Waals surface area contributed by atoms with Crippen LogP contribution in [0.1, 0.15) is 30.7 Å². The lowest BCUT2D eigenvalue weighted by Crippen LogP contribution is -2.32. The minimum atomic E-state index is 0.0419. The van der Waals surface area contributed by atoms with Crippen molar-refractivity contribution in [2.45, 2.75) is 25.2 Å². The fourth-order valence-electron chi connectivity index (χ4n) is 3.32. The van der Waals surface area contributed by atoms with E-state index in [0.717, 1.165) is 31.6 Å². The third-order valence-electron chi connectivity index (χ3n) is 4.79. The van der Waals surface area contributed by atoms with Crippen LogP contribution in [-0.4, -0.2) is 37.6 Å². The van der Waals surface area contributed by atoms with Gasteiger partial charge >= 0.3 is 0 Å². The highest BCUT2D eigenvalue weighted by molar-refractivity contribution is 5.91. The van der Waals surface area contributed by atoms with Crippen molar-refractivity contribution < 1.29 is 4.79 Å². The van der Waals surface area contributed by atoms with E-state index in [1.165, 1.54) is 11.3 Å². The highest BCUT2D eigenvalue weighted by Crippen LogP contribution is 2.30. The van der Waals surface area contributed by atoms with Crippen LogP contribution in [0.15, 0.2) is 48.8 Å². The van der Waals surface area contributed by atoms with Crippen LogP contribution in [-0.2, 0) is 4.79 Å². The van der Waals surface area contributed by atoms with Gasteiger partial charge in [-0.05, 0) is 67.8 Å². The Morgan fingerprint density at radius 2 is 1.80 bits per heavy atom. The Labute approximate surface area is 149 Å². The largest absolute Gasteiger partial charge is 0.371 e. The molecule has 1 aromatic carbocycles. The van der Waals surface area contributed by atoms with Gasteiger partial charge in [-0.25, -0.2) is 0 Å². The molecule has 1 amide bonds. The summed E-state index contributed by atoms with van der Waals surface area (Å²) in [6, 6.07) is 12.4. The van der Waals surface area contributed by atoms with Crippen molar-refractivity contribution in [3.8, 4) is 0 Å². The van der Waals surface area contributed by atoms with E-state index in [0.29, 0.717) is 18.9 Å². The minimum absolute atomic E-state index is 0.0419. The van der Waals surface area contributed by atoms with Crippen LogP contribution in [0.3, 0.4) is 0 Å². The molecule has 0 atom stereocenters. The Kier molecular flexibility index (Phi) is 6.01. The van der Waals surface area contributed by atoms with E-state index in [1.54, 1.807) is 0 Å². The molecule has 1 fully saturated rings. The lowest BCUT2D eigenvalue weighted by molar-refractivity contribution is -0.116. The van der Waals surface area contributed by atoms with Gasteiger partial charge in [0.2, 0.25) is 5.91 Å². The Morgan fingerprint density at radius 1 is 1.12 bits per heavy atom. The number of carbonyl (C=O) groups is 1. The third-order valence-corrected chi connectivity index (χ3v) is 4.79. The van der Waals surface area contributed by atoms with Gasteiger partial charge in [-0.1, -0.05) is 0 Å². The van der Waals surface area contributed by atoms with E-state index in [1.807, 2.05) is 31.6 Å². The summed E-state index contributed by atoms with van der Waals surface area (Å²) >= 11 is 0. The van der Waals surface area contributed by atoms with Crippen LogP contribution >= 0.6 is 0 Å². The molecule has 1 aliphatic heterocycles. The molecule has 2 aromatic rings. The van der Waals surface area contributed by atoms with Gasteiger partial charge in [0.15, 0.2) is 0 Å². The molecule has 0 aliphatic carbocycles. The fraction of sp³-hybridized carbons (Fsp3) is 0.400. The molecule has 0 spiro atoms. The number of piperidine rings is 1. The number of hydrogen-bond donors (Lipinski definition) is 2. The fourth-order valence-corrected chi connectivity index (χ4v) is 3.32. The second kappa shape index (κ2) is 8.62. The van der Waals surface area contributed by atoms with E-state index >= 15 is 0 Å². The van der Waals surface area contributed by atoms with Crippen molar-refractivity contribution in [2.24, 2.45) is 0 Å². The number of benzene rings is 1. The summed E-state index contributed by atoms with van der Waals surface area (Å²) in [5.41, 5.74) is 3.48. The van der Waals surface area contributed by atoms with Crippen molar-refractivity contribution in [1.29, 1.82) is 0 Å². The van der Waals surface area contributed by atoms with Crippen molar-refractivity contribution in [3.63, 3.8) is 0 Å². The molecule has 1 aliphatic rings. The first-order valence-corrected chi connectivity index (χ1v) is 8.95. The molecule has 0 bridgehead atoms. The summed E-state index contributed by atoms with van der Waals surface area (Å²) in [6.45, 7) is 2.80. The Bertz CT molecular complexity index is 664. The molecule has 3 rings (SSSR count). The summed E-state index contributed by atoms with van der Waals surface area (Å²) < 4.78 is 0. The number of carbonyl (C=O) groups excluding carboxylic acids is 1. The summed E-state index contributed by atoms with van der Waals surface area (Å²) in [5, 5.41) is 5.91. The van der Waals surface area contributed by atoms with Gasteiger partial charge in [-0.2, -0.15) is 0 Å². The molecular formula is C20H26N4O. The zero-order chi connectivity index (χ0) is 17.5.